The van der Waals surface area contributed by atoms with E-state index in [1.807, 2.05) is 0 Å². The number of benzene rings is 2. The van der Waals surface area contributed by atoms with Crippen LogP contribution < -0.4 is 4.74 Å². The Morgan fingerprint density at radius 1 is 0.964 bits per heavy atom. The minimum absolute atomic E-state index is 0.0193. The van der Waals surface area contributed by atoms with Gasteiger partial charge in [-0.2, -0.15) is 0 Å². The van der Waals surface area contributed by atoms with E-state index in [4.69, 9.17) is 4.74 Å². The number of carbonyl (C=O) groups is 1. The third-order valence-electron chi connectivity index (χ3n) is 4.37. The van der Waals surface area contributed by atoms with E-state index in [-0.39, 0.29) is 16.2 Å². The Morgan fingerprint density at radius 3 is 2.50 bits per heavy atom. The van der Waals surface area contributed by atoms with Crippen LogP contribution in [0.25, 0.3) is 11.0 Å². The molecule has 140 valence electrons. The zero-order valence-electron chi connectivity index (χ0n) is 14.9. The van der Waals surface area contributed by atoms with Gasteiger partial charge in [-0.3, -0.25) is 4.79 Å². The molecule has 2 aromatic carbocycles. The molecule has 4 rings (SSSR count). The molecule has 0 N–H and O–H groups in total. The highest BCUT2D eigenvalue weighted by Crippen LogP contribution is 2.27. The molecule has 0 spiro atoms. The van der Waals surface area contributed by atoms with Crippen molar-refractivity contribution in [2.45, 2.75) is 4.90 Å². The summed E-state index contributed by atoms with van der Waals surface area (Å²) in [6.45, 7) is 0. The summed E-state index contributed by atoms with van der Waals surface area (Å²) >= 11 is 0. The van der Waals surface area contributed by atoms with Crippen LogP contribution in [0.4, 0.5) is 0 Å². The highest BCUT2D eigenvalue weighted by Gasteiger charge is 2.27. The summed E-state index contributed by atoms with van der Waals surface area (Å²) in [5, 5.41) is 0.563. The molecule has 0 unspecified atom stereocenters. The van der Waals surface area contributed by atoms with Crippen molar-refractivity contribution < 1.29 is 17.9 Å². The molecule has 6 nitrogen and oxygen atoms in total. The second-order valence-electron chi connectivity index (χ2n) is 6.09. The number of hydrogen-bond acceptors (Lipinski definition) is 5. The summed E-state index contributed by atoms with van der Waals surface area (Å²) in [5.74, 6) is 0.0777. The van der Waals surface area contributed by atoms with Gasteiger partial charge >= 0.3 is 0 Å². The normalized spacial score (nSPS) is 11.5. The van der Waals surface area contributed by atoms with Gasteiger partial charge in [0.1, 0.15) is 11.4 Å². The molecule has 0 radical (unpaired) electrons. The van der Waals surface area contributed by atoms with E-state index >= 15 is 0 Å². The molecule has 2 heterocycles. The van der Waals surface area contributed by atoms with Gasteiger partial charge in [-0.1, -0.05) is 30.3 Å². The first kappa shape index (κ1) is 17.9. The number of rotatable bonds is 5. The maximum atomic E-state index is 13.3. The van der Waals surface area contributed by atoms with Crippen LogP contribution in [0.5, 0.6) is 5.75 Å². The Kier molecular flexibility index (Phi) is 4.44. The minimum atomic E-state index is -4.02. The Labute approximate surface area is 162 Å². The molecule has 0 aliphatic heterocycles. The van der Waals surface area contributed by atoms with E-state index in [0.717, 1.165) is 3.97 Å². The Bertz CT molecular complexity index is 1280. The van der Waals surface area contributed by atoms with Crippen LogP contribution in [0.3, 0.4) is 0 Å². The first-order valence-corrected chi connectivity index (χ1v) is 9.92. The maximum absolute atomic E-state index is 13.3. The molecule has 0 amide bonds. The molecule has 0 saturated heterocycles. The zero-order valence-corrected chi connectivity index (χ0v) is 15.8. The fraction of sp³-hybridized carbons (Fsp3) is 0.0476. The molecule has 0 saturated carbocycles. The average Bonchev–Trinajstić information content (AvgIpc) is 3.14. The van der Waals surface area contributed by atoms with Crippen LogP contribution in [0.1, 0.15) is 16.1 Å². The zero-order chi connectivity index (χ0) is 19.7. The largest absolute Gasteiger partial charge is 0.497 e. The average molecular weight is 392 g/mol. The monoisotopic (exact) mass is 392 g/mol. The number of carbonyl (C=O) groups excluding carboxylic acids is 1. The van der Waals surface area contributed by atoms with Crippen molar-refractivity contribution in [1.29, 1.82) is 0 Å². The Balaban J connectivity index is 1.97. The summed E-state index contributed by atoms with van der Waals surface area (Å²) in [4.78, 5) is 17.5. The predicted molar refractivity (Wildman–Crippen MR) is 105 cm³/mol. The second kappa shape index (κ2) is 6.94. The summed E-state index contributed by atoms with van der Waals surface area (Å²) in [6.07, 6.45) is 1.50. The molecule has 0 atom stereocenters. The van der Waals surface area contributed by atoms with E-state index in [9.17, 15) is 13.2 Å². The molecular formula is C21H16N2O4S. The third kappa shape index (κ3) is 2.95. The summed E-state index contributed by atoms with van der Waals surface area (Å²) in [7, 11) is -2.52. The summed E-state index contributed by atoms with van der Waals surface area (Å²) < 4.78 is 32.9. The van der Waals surface area contributed by atoms with Gasteiger partial charge in [0.2, 0.25) is 5.78 Å². The van der Waals surface area contributed by atoms with Gasteiger partial charge in [-0.25, -0.2) is 17.4 Å². The van der Waals surface area contributed by atoms with Gasteiger partial charge in [0, 0.05) is 17.1 Å². The molecule has 4 aromatic rings. The van der Waals surface area contributed by atoms with Gasteiger partial charge in [-0.05, 0) is 42.5 Å². The topological polar surface area (TPSA) is 78.3 Å². The van der Waals surface area contributed by atoms with Crippen molar-refractivity contribution >= 4 is 26.8 Å². The lowest BCUT2D eigenvalue weighted by Gasteiger charge is -2.11. The number of nitrogens with zero attached hydrogens (tertiary/aromatic N) is 2. The number of pyridine rings is 1. The number of hydrogen-bond donors (Lipinski definition) is 0. The smallest absolute Gasteiger partial charge is 0.270 e. The summed E-state index contributed by atoms with van der Waals surface area (Å²) in [5.41, 5.74) is 0.551. The maximum Gasteiger partial charge on any atom is 0.270 e. The number of fused-ring (bicyclic) bond motifs is 1. The number of aromatic nitrogens is 2. The SMILES string of the molecule is COc1cccc(C(=O)c2cc3cccnc3n2S(=O)(=O)c2ccccc2)c1. The van der Waals surface area contributed by atoms with E-state index in [0.29, 0.717) is 16.7 Å². The first-order valence-electron chi connectivity index (χ1n) is 8.48. The van der Waals surface area contributed by atoms with E-state index in [2.05, 4.69) is 4.98 Å². The third-order valence-corrected chi connectivity index (χ3v) is 6.08. The standard InChI is InChI=1S/C21H16N2O4S/c1-27-17-9-5-7-15(13-17)20(24)19-14-16-8-6-12-22-21(16)23(19)28(25,26)18-10-3-2-4-11-18/h2-14H,1H3. The molecule has 28 heavy (non-hydrogen) atoms. The number of ether oxygens (including phenoxy) is 1. The predicted octanol–water partition coefficient (Wildman–Crippen LogP) is 3.51. The van der Waals surface area contributed by atoms with Crippen LogP contribution in [-0.4, -0.2) is 30.3 Å². The van der Waals surface area contributed by atoms with Gasteiger partial charge in [0.05, 0.1) is 12.0 Å². The van der Waals surface area contributed by atoms with Crippen molar-refractivity contribution in [3.63, 3.8) is 0 Å². The molecule has 0 fully saturated rings. The second-order valence-corrected chi connectivity index (χ2v) is 7.88. The van der Waals surface area contributed by atoms with Gasteiger partial charge in [-0.15, -0.1) is 0 Å². The fourth-order valence-electron chi connectivity index (χ4n) is 3.02. The quantitative estimate of drug-likeness (QED) is 0.486. The highest BCUT2D eigenvalue weighted by atomic mass is 32.2. The van der Waals surface area contributed by atoms with Crippen LogP contribution in [0, 0.1) is 0 Å². The van der Waals surface area contributed by atoms with Crippen LogP contribution >= 0.6 is 0 Å². The van der Waals surface area contributed by atoms with E-state index < -0.39 is 15.8 Å². The number of methoxy groups -OCH3 is 1. The van der Waals surface area contributed by atoms with Crippen molar-refractivity contribution in [3.05, 3.63) is 90.3 Å². The van der Waals surface area contributed by atoms with E-state index in [1.165, 1.54) is 25.4 Å². The van der Waals surface area contributed by atoms with Gasteiger partial charge in [0.25, 0.3) is 10.0 Å². The van der Waals surface area contributed by atoms with Crippen LogP contribution in [0.15, 0.2) is 83.9 Å². The van der Waals surface area contributed by atoms with Crippen molar-refractivity contribution in [3.8, 4) is 5.75 Å². The lowest BCUT2D eigenvalue weighted by molar-refractivity contribution is 0.103. The molecule has 0 bridgehead atoms. The first-order chi connectivity index (χ1) is 13.5. The molecular weight excluding hydrogens is 376 g/mol. The molecule has 2 aromatic heterocycles. The van der Waals surface area contributed by atoms with Gasteiger partial charge in [0.15, 0.2) is 5.65 Å². The molecule has 0 aliphatic rings. The highest BCUT2D eigenvalue weighted by molar-refractivity contribution is 7.90. The van der Waals surface area contributed by atoms with Crippen molar-refractivity contribution in [2.24, 2.45) is 0 Å². The van der Waals surface area contributed by atoms with Gasteiger partial charge < -0.3 is 4.74 Å². The van der Waals surface area contributed by atoms with Crippen LogP contribution in [0.2, 0.25) is 0 Å². The van der Waals surface area contributed by atoms with Crippen molar-refractivity contribution in [1.82, 2.24) is 8.96 Å². The van der Waals surface area contributed by atoms with E-state index in [1.54, 1.807) is 60.7 Å². The van der Waals surface area contributed by atoms with Crippen molar-refractivity contribution in [2.75, 3.05) is 7.11 Å². The number of ketones is 1. The summed E-state index contributed by atoms with van der Waals surface area (Å²) in [6, 6.07) is 19.5. The molecule has 0 aliphatic carbocycles. The Hall–Kier alpha value is -3.45. The minimum Gasteiger partial charge on any atom is -0.497 e. The lowest BCUT2D eigenvalue weighted by atomic mass is 10.1. The Morgan fingerprint density at radius 2 is 1.75 bits per heavy atom. The fourth-order valence-corrected chi connectivity index (χ4v) is 4.51. The van der Waals surface area contributed by atoms with Crippen LogP contribution in [-0.2, 0) is 10.0 Å². The lowest BCUT2D eigenvalue weighted by Crippen LogP contribution is -2.19. The molecule has 7 heteroatoms.